The maximum atomic E-state index is 12.8. The molecule has 1 rings (SSSR count). The zero-order chi connectivity index (χ0) is 12.3. The number of aromatic nitrogens is 1. The van der Waals surface area contributed by atoms with Gasteiger partial charge >= 0.3 is 5.97 Å². The van der Waals surface area contributed by atoms with Crippen LogP contribution in [0.1, 0.15) is 23.1 Å². The molecular weight excluding hydrogens is 352 g/mol. The Hall–Kier alpha value is -0.560. The lowest BCUT2D eigenvalue weighted by Gasteiger charge is -2.12. The van der Waals surface area contributed by atoms with Gasteiger partial charge in [-0.25, -0.2) is 13.8 Å². The Labute approximate surface area is 107 Å². The number of carboxylic acids is 1. The summed E-state index contributed by atoms with van der Waals surface area (Å²) in [6, 6.07) is 0. The molecule has 88 valence electrons. The smallest absolute Gasteiger partial charge is 0.307 e. The fourth-order valence-electron chi connectivity index (χ4n) is 1.27. The van der Waals surface area contributed by atoms with Gasteiger partial charge in [-0.3, -0.25) is 4.79 Å². The summed E-state index contributed by atoms with van der Waals surface area (Å²) in [6.07, 6.45) is -1.72. The van der Waals surface area contributed by atoms with Crippen molar-refractivity contribution in [3.05, 3.63) is 27.5 Å². The third-order valence-corrected chi connectivity index (χ3v) is 3.15. The van der Waals surface area contributed by atoms with Crippen molar-refractivity contribution >= 4 is 37.8 Å². The van der Waals surface area contributed by atoms with Gasteiger partial charge in [-0.15, -0.1) is 0 Å². The minimum atomic E-state index is -2.69. The van der Waals surface area contributed by atoms with Crippen molar-refractivity contribution in [2.24, 2.45) is 0 Å². The summed E-state index contributed by atoms with van der Waals surface area (Å²) in [5.41, 5.74) is 0.317. The van der Waals surface area contributed by atoms with Gasteiger partial charge in [0.05, 0.1) is 12.0 Å². The Morgan fingerprint density at radius 1 is 1.56 bits per heavy atom. The number of rotatable bonds is 4. The number of nitrogens with zero attached hydrogens (tertiary/aromatic N) is 1. The molecule has 0 bridgehead atoms. The van der Waals surface area contributed by atoms with E-state index in [1.165, 1.54) is 6.20 Å². The third kappa shape index (κ3) is 2.98. The summed E-state index contributed by atoms with van der Waals surface area (Å²) < 4.78 is 25.6. The largest absolute Gasteiger partial charge is 0.481 e. The molecule has 1 heterocycles. The van der Waals surface area contributed by atoms with Gasteiger partial charge in [-0.1, -0.05) is 15.9 Å². The van der Waals surface area contributed by atoms with E-state index >= 15 is 0 Å². The van der Waals surface area contributed by atoms with Crippen LogP contribution in [0.3, 0.4) is 0 Å². The molecule has 3 nitrogen and oxygen atoms in total. The van der Waals surface area contributed by atoms with E-state index in [1.807, 2.05) is 0 Å². The fraction of sp³-hybridized carbons (Fsp3) is 0.333. The van der Waals surface area contributed by atoms with Crippen LogP contribution in [0.15, 0.2) is 10.8 Å². The van der Waals surface area contributed by atoms with Crippen LogP contribution < -0.4 is 0 Å². The standard InChI is InChI=1S/C9H7Br2F2NO2/c10-2-5-4(1-6(15)16)3-14-8(11)7(5)9(12)13/h3,9H,1-2H2,(H,15,16). The maximum Gasteiger partial charge on any atom is 0.307 e. The van der Waals surface area contributed by atoms with E-state index in [1.54, 1.807) is 0 Å². The van der Waals surface area contributed by atoms with E-state index in [4.69, 9.17) is 5.11 Å². The molecule has 0 saturated heterocycles. The van der Waals surface area contributed by atoms with E-state index in [0.29, 0.717) is 5.56 Å². The molecule has 1 N–H and O–H groups in total. The summed E-state index contributed by atoms with van der Waals surface area (Å²) >= 11 is 6.01. The topological polar surface area (TPSA) is 50.2 Å². The van der Waals surface area contributed by atoms with Gasteiger partial charge in [0.2, 0.25) is 0 Å². The Morgan fingerprint density at radius 2 is 2.19 bits per heavy atom. The van der Waals surface area contributed by atoms with Gasteiger partial charge in [-0.2, -0.15) is 0 Å². The van der Waals surface area contributed by atoms with E-state index in [9.17, 15) is 13.6 Å². The Bertz CT molecular complexity index is 413. The van der Waals surface area contributed by atoms with Crippen LogP contribution in [0.2, 0.25) is 0 Å². The van der Waals surface area contributed by atoms with E-state index in [2.05, 4.69) is 36.8 Å². The number of pyridine rings is 1. The highest BCUT2D eigenvalue weighted by molar-refractivity contribution is 9.10. The zero-order valence-electron chi connectivity index (χ0n) is 7.88. The lowest BCUT2D eigenvalue weighted by atomic mass is 10.0. The van der Waals surface area contributed by atoms with Crippen molar-refractivity contribution in [3.8, 4) is 0 Å². The van der Waals surface area contributed by atoms with E-state index in [0.717, 1.165) is 0 Å². The summed E-state index contributed by atoms with van der Waals surface area (Å²) in [5.74, 6) is -1.08. The van der Waals surface area contributed by atoms with Crippen LogP contribution in [0.4, 0.5) is 8.78 Å². The highest BCUT2D eigenvalue weighted by atomic mass is 79.9. The predicted octanol–water partition coefficient (Wildman–Crippen LogP) is 3.30. The predicted molar refractivity (Wildman–Crippen MR) is 60.9 cm³/mol. The minimum absolute atomic E-state index is 0.0473. The van der Waals surface area contributed by atoms with Crippen molar-refractivity contribution in [2.75, 3.05) is 0 Å². The lowest BCUT2D eigenvalue weighted by Crippen LogP contribution is -2.07. The Kier molecular flexibility index (Phi) is 4.79. The van der Waals surface area contributed by atoms with Crippen molar-refractivity contribution in [2.45, 2.75) is 18.2 Å². The van der Waals surface area contributed by atoms with Crippen molar-refractivity contribution in [1.29, 1.82) is 0 Å². The number of hydrogen-bond acceptors (Lipinski definition) is 2. The van der Waals surface area contributed by atoms with Crippen LogP contribution in [-0.4, -0.2) is 16.1 Å². The monoisotopic (exact) mass is 357 g/mol. The first kappa shape index (κ1) is 13.5. The summed E-state index contributed by atoms with van der Waals surface area (Å²) in [7, 11) is 0. The number of alkyl halides is 3. The molecule has 0 unspecified atom stereocenters. The van der Waals surface area contributed by atoms with Crippen LogP contribution in [0, 0.1) is 0 Å². The molecule has 0 atom stereocenters. The van der Waals surface area contributed by atoms with Crippen LogP contribution in [-0.2, 0) is 16.5 Å². The van der Waals surface area contributed by atoms with Gasteiger partial charge in [0.25, 0.3) is 6.43 Å². The van der Waals surface area contributed by atoms with Crippen molar-refractivity contribution < 1.29 is 18.7 Å². The normalized spacial score (nSPS) is 10.8. The summed E-state index contributed by atoms with van der Waals surface area (Å²) in [4.78, 5) is 14.3. The van der Waals surface area contributed by atoms with Crippen LogP contribution in [0.5, 0.6) is 0 Å². The molecule has 0 radical (unpaired) electrons. The molecule has 0 aliphatic carbocycles. The molecule has 0 aliphatic heterocycles. The first-order chi connectivity index (χ1) is 7.47. The van der Waals surface area contributed by atoms with Gasteiger partial charge < -0.3 is 5.11 Å². The molecule has 0 spiro atoms. The van der Waals surface area contributed by atoms with Gasteiger partial charge in [-0.05, 0) is 27.1 Å². The second-order valence-corrected chi connectivity index (χ2v) is 4.28. The SMILES string of the molecule is O=C(O)Cc1cnc(Br)c(C(F)F)c1CBr. The molecule has 1 aromatic heterocycles. The molecule has 1 aromatic rings. The third-order valence-electron chi connectivity index (χ3n) is 1.96. The van der Waals surface area contributed by atoms with Crippen molar-refractivity contribution in [3.63, 3.8) is 0 Å². The number of halogens is 4. The van der Waals surface area contributed by atoms with Gasteiger partial charge in [0, 0.05) is 11.5 Å². The maximum absolute atomic E-state index is 12.8. The zero-order valence-corrected chi connectivity index (χ0v) is 11.1. The van der Waals surface area contributed by atoms with Crippen LogP contribution in [0.25, 0.3) is 0 Å². The number of hydrogen-bond donors (Lipinski definition) is 1. The first-order valence-electron chi connectivity index (χ1n) is 4.19. The number of carbonyl (C=O) groups is 1. The quantitative estimate of drug-likeness (QED) is 0.663. The number of aliphatic carboxylic acids is 1. The van der Waals surface area contributed by atoms with Gasteiger partial charge in [0.1, 0.15) is 4.60 Å². The molecule has 7 heteroatoms. The molecule has 16 heavy (non-hydrogen) atoms. The van der Waals surface area contributed by atoms with E-state index < -0.39 is 12.4 Å². The molecule has 0 fully saturated rings. The van der Waals surface area contributed by atoms with Crippen LogP contribution >= 0.6 is 31.9 Å². The number of carboxylic acid groups (broad SMARTS) is 1. The summed E-state index contributed by atoms with van der Waals surface area (Å²) in [6.45, 7) is 0. The van der Waals surface area contributed by atoms with Crippen molar-refractivity contribution in [1.82, 2.24) is 4.98 Å². The molecule has 0 saturated carbocycles. The molecule has 0 amide bonds. The highest BCUT2D eigenvalue weighted by Gasteiger charge is 2.21. The second kappa shape index (κ2) is 5.67. The molecular formula is C9H7Br2F2NO2. The average Bonchev–Trinajstić information content (AvgIpc) is 2.18. The second-order valence-electron chi connectivity index (χ2n) is 2.97. The Balaban J connectivity index is 3.30. The first-order valence-corrected chi connectivity index (χ1v) is 6.10. The van der Waals surface area contributed by atoms with E-state index in [-0.39, 0.29) is 27.5 Å². The Morgan fingerprint density at radius 3 is 2.62 bits per heavy atom. The summed E-state index contributed by atoms with van der Waals surface area (Å²) in [5, 5.41) is 8.81. The fourth-order valence-corrected chi connectivity index (χ4v) is 2.45. The molecule has 0 aromatic carbocycles. The average molecular weight is 359 g/mol. The lowest BCUT2D eigenvalue weighted by molar-refractivity contribution is -0.136. The highest BCUT2D eigenvalue weighted by Crippen LogP contribution is 2.32. The molecule has 0 aliphatic rings. The minimum Gasteiger partial charge on any atom is -0.481 e. The van der Waals surface area contributed by atoms with Gasteiger partial charge in [0.15, 0.2) is 0 Å².